The molecule has 0 spiro atoms. The Kier molecular flexibility index (Phi) is 25.7. The first-order chi connectivity index (χ1) is 45.9. The molecular weight excluding hydrogens is 1280 g/mol. The van der Waals surface area contributed by atoms with Crippen LogP contribution in [0.4, 0.5) is 52.7 Å². The number of Topliss-reactive ketones (excluding diaryl/α,β-unsaturated/α-hetero) is 1. The lowest BCUT2D eigenvalue weighted by molar-refractivity contribution is -0.126. The standard InChI is InChI=1S/2C13H12F2N2O.C12H11F2NO.2C11H10F2N2.C10H8F2O.C2H6/c2*1-8(18)17-13(7-16)5-4-11(13)10-3-2-9(14)6-12(10)15;1-7(16)15-12-5-4-10(12)9-3-2-8(13)6-11(9)14;2*12-7-1-2-8(10(13)5-7)9-3-4-11(9,15)6-14;11-6-1-2-7(9(12)5-6)8-3-4-10(8)13;1-2/h2*2-3,6,11H,4-5H2,1H3,(H,17,18);2-3,6H,4-5H2,1H3,(H,15,16);2*1-2,5,9H,3-4,15H2;1-2,5,8H,3-4H2;1-2H3/t11-,13+;11-,13-;;9-,11+;9-,11-;;/m11.11../s1. The van der Waals surface area contributed by atoms with E-state index in [0.717, 1.165) is 66.2 Å². The van der Waals surface area contributed by atoms with Gasteiger partial charge in [-0.2, -0.15) is 21.0 Å². The molecular formula is C72H69F12N9O4. The number of rotatable bonds is 9. The fourth-order valence-electron chi connectivity index (χ4n) is 12.0. The molecule has 0 heterocycles. The van der Waals surface area contributed by atoms with E-state index in [0.29, 0.717) is 92.9 Å². The van der Waals surface area contributed by atoms with Crippen LogP contribution in [-0.2, 0) is 19.2 Å². The van der Waals surface area contributed by atoms with E-state index < -0.39 is 104 Å². The lowest BCUT2D eigenvalue weighted by atomic mass is 9.64. The van der Waals surface area contributed by atoms with Crippen LogP contribution < -0.4 is 27.4 Å². The van der Waals surface area contributed by atoms with E-state index in [9.17, 15) is 82.4 Å². The number of nitriles is 4. The number of hydrogen-bond donors (Lipinski definition) is 5. The maximum Gasteiger partial charge on any atom is 0.221 e. The largest absolute Gasteiger partial charge is 0.338 e. The van der Waals surface area contributed by atoms with Gasteiger partial charge in [0.25, 0.3) is 0 Å². The van der Waals surface area contributed by atoms with Crippen LogP contribution in [0.3, 0.4) is 0 Å². The summed E-state index contributed by atoms with van der Waals surface area (Å²) in [4.78, 5) is 44.1. The maximum atomic E-state index is 13.7. The maximum absolute atomic E-state index is 13.7. The van der Waals surface area contributed by atoms with Crippen LogP contribution in [0.25, 0.3) is 5.57 Å². The Balaban J connectivity index is 0.000000183. The van der Waals surface area contributed by atoms with Crippen LogP contribution in [0.15, 0.2) is 115 Å². The Bertz CT molecular complexity index is 3970. The first-order valence-corrected chi connectivity index (χ1v) is 30.9. The molecule has 9 atom stereocenters. The molecule has 6 aliphatic carbocycles. The molecule has 6 aliphatic rings. The van der Waals surface area contributed by atoms with Gasteiger partial charge in [-0.15, -0.1) is 0 Å². The Morgan fingerprint density at radius 2 is 0.732 bits per heavy atom. The average Bonchev–Trinajstić information content (AvgIpc) is 0.774. The van der Waals surface area contributed by atoms with E-state index in [1.165, 1.54) is 81.4 Å². The van der Waals surface area contributed by atoms with Gasteiger partial charge >= 0.3 is 0 Å². The SMILES string of the molecule is CC.CC(=O)NC1=C(c2ccc(F)cc2F)CC1.CC(=O)N[C@@]1(C#N)CC[C@@H]1c1ccc(F)cc1F.CC(=O)N[C@]1(C#N)CC[C@@H]1c1ccc(F)cc1F.N#C[C@@]1(N)CC[C@@H]1c1ccc(F)cc1F.N#C[C@]1(N)CC[C@@H]1c1ccc(F)cc1F.O=C1CCC1c1ccc(F)cc1F. The van der Waals surface area contributed by atoms with Crippen molar-refractivity contribution in [3.63, 3.8) is 0 Å². The number of allylic oxidation sites excluding steroid dienone is 2. The monoisotopic (exact) mass is 1350 g/mol. The summed E-state index contributed by atoms with van der Waals surface area (Å²) in [5.41, 5.74) is 10.8. The molecule has 6 aromatic carbocycles. The fourth-order valence-corrected chi connectivity index (χ4v) is 12.0. The molecule has 5 saturated carbocycles. The Labute approximate surface area is 553 Å². The number of halogens is 12. The minimum atomic E-state index is -1.06. The normalized spacial score (nSPS) is 24.1. The summed E-state index contributed by atoms with van der Waals surface area (Å²) in [6.07, 6.45) is 7.24. The quantitative estimate of drug-likeness (QED) is 0.0856. The van der Waals surface area contributed by atoms with Crippen molar-refractivity contribution in [3.05, 3.63) is 218 Å². The summed E-state index contributed by atoms with van der Waals surface area (Å²) < 4.78 is 157. The summed E-state index contributed by atoms with van der Waals surface area (Å²) in [5.74, 6) is -10.1. The minimum Gasteiger partial charge on any atom is -0.338 e. The van der Waals surface area contributed by atoms with Crippen molar-refractivity contribution < 1.29 is 71.9 Å². The summed E-state index contributed by atoms with van der Waals surface area (Å²) in [6.45, 7) is 8.04. The van der Waals surface area contributed by atoms with Crippen molar-refractivity contribution in [1.82, 2.24) is 16.0 Å². The molecule has 1 unspecified atom stereocenters. The number of nitrogens with two attached hydrogens (primary N) is 2. The molecule has 25 heteroatoms. The number of amides is 3. The summed E-state index contributed by atoms with van der Waals surface area (Å²) in [7, 11) is 0. The lowest BCUT2D eigenvalue weighted by Crippen LogP contribution is -2.57. The van der Waals surface area contributed by atoms with Crippen molar-refractivity contribution in [2.75, 3.05) is 0 Å². The van der Waals surface area contributed by atoms with Crippen molar-refractivity contribution >= 4 is 29.1 Å². The van der Waals surface area contributed by atoms with Gasteiger partial charge in [-0.05, 0) is 146 Å². The molecule has 0 aromatic heterocycles. The Hall–Kier alpha value is -9.82. The number of hydrogen-bond acceptors (Lipinski definition) is 10. The van der Waals surface area contributed by atoms with Gasteiger partial charge < -0.3 is 27.4 Å². The highest BCUT2D eigenvalue weighted by Crippen LogP contribution is 2.49. The number of benzene rings is 6. The molecule has 7 N–H and O–H groups in total. The molecule has 0 aliphatic heterocycles. The van der Waals surface area contributed by atoms with Crippen LogP contribution in [0, 0.1) is 115 Å². The highest BCUT2D eigenvalue weighted by atomic mass is 19.2. The van der Waals surface area contributed by atoms with Crippen molar-refractivity contribution in [1.29, 1.82) is 21.0 Å². The zero-order valence-electron chi connectivity index (χ0n) is 53.4. The molecule has 0 radical (unpaired) electrons. The van der Waals surface area contributed by atoms with Gasteiger partial charge in [-0.25, -0.2) is 52.7 Å². The zero-order chi connectivity index (χ0) is 71.9. The molecule has 12 rings (SSSR count). The third kappa shape index (κ3) is 18.0. The number of ketones is 1. The second-order valence-electron chi connectivity index (χ2n) is 23.8. The highest BCUT2D eigenvalue weighted by Gasteiger charge is 2.51. The summed E-state index contributed by atoms with van der Waals surface area (Å²) in [5, 5.41) is 43.9. The van der Waals surface area contributed by atoms with Gasteiger partial charge in [0.15, 0.2) is 0 Å². The molecule has 0 saturated heterocycles. The second-order valence-corrected chi connectivity index (χ2v) is 23.8. The highest BCUT2D eigenvalue weighted by molar-refractivity contribution is 5.91. The third-order valence-electron chi connectivity index (χ3n) is 17.7. The van der Waals surface area contributed by atoms with E-state index in [2.05, 4.69) is 16.0 Å². The Morgan fingerprint density at radius 1 is 0.412 bits per heavy atom. The van der Waals surface area contributed by atoms with Crippen LogP contribution in [0.1, 0.15) is 175 Å². The zero-order valence-corrected chi connectivity index (χ0v) is 53.4. The smallest absolute Gasteiger partial charge is 0.221 e. The average molecular weight is 1350 g/mol. The van der Waals surface area contributed by atoms with E-state index in [-0.39, 0.29) is 52.4 Å². The van der Waals surface area contributed by atoms with Gasteiger partial charge in [0.1, 0.15) is 97.7 Å². The summed E-state index contributed by atoms with van der Waals surface area (Å²) in [6, 6.07) is 28.2. The molecule has 13 nitrogen and oxygen atoms in total. The number of carbonyl (C=O) groups is 4. The molecule has 510 valence electrons. The van der Waals surface area contributed by atoms with Gasteiger partial charge in [0, 0.05) is 104 Å². The van der Waals surface area contributed by atoms with Crippen molar-refractivity contribution in [2.24, 2.45) is 11.5 Å². The second kappa shape index (κ2) is 32.7. The van der Waals surface area contributed by atoms with E-state index >= 15 is 0 Å². The van der Waals surface area contributed by atoms with Crippen molar-refractivity contribution in [2.45, 2.75) is 163 Å². The van der Waals surface area contributed by atoms with E-state index in [1.807, 2.05) is 38.1 Å². The topological polar surface area (TPSA) is 252 Å². The van der Waals surface area contributed by atoms with Crippen LogP contribution in [-0.4, -0.2) is 45.7 Å². The van der Waals surface area contributed by atoms with E-state index in [4.69, 9.17) is 22.0 Å². The van der Waals surface area contributed by atoms with E-state index in [1.54, 1.807) is 0 Å². The van der Waals surface area contributed by atoms with Crippen LogP contribution in [0.5, 0.6) is 0 Å². The minimum absolute atomic E-state index is 0.0468. The Morgan fingerprint density at radius 3 is 0.948 bits per heavy atom. The first kappa shape index (κ1) is 76.2. The number of nitrogens with one attached hydrogen (secondary N) is 3. The molecule has 6 aromatic rings. The van der Waals surface area contributed by atoms with Gasteiger partial charge in [-0.1, -0.05) is 44.2 Å². The number of nitrogens with zero attached hydrogens (tertiary/aromatic N) is 4. The van der Waals surface area contributed by atoms with Crippen LogP contribution >= 0.6 is 0 Å². The summed E-state index contributed by atoms with van der Waals surface area (Å²) >= 11 is 0. The molecule has 3 amide bonds. The van der Waals surface area contributed by atoms with Crippen molar-refractivity contribution in [3.8, 4) is 24.3 Å². The molecule has 0 bridgehead atoms. The third-order valence-corrected chi connectivity index (χ3v) is 17.7. The predicted molar refractivity (Wildman–Crippen MR) is 334 cm³/mol. The van der Waals surface area contributed by atoms with Gasteiger partial charge in [0.05, 0.1) is 24.3 Å². The number of carbonyl (C=O) groups excluding carboxylic acids is 4. The van der Waals surface area contributed by atoms with Gasteiger partial charge in [0.2, 0.25) is 17.7 Å². The van der Waals surface area contributed by atoms with Gasteiger partial charge in [-0.3, -0.25) is 19.2 Å². The van der Waals surface area contributed by atoms with Crippen LogP contribution in [0.2, 0.25) is 0 Å². The first-order valence-electron chi connectivity index (χ1n) is 30.9. The fraction of sp³-hybridized carbons (Fsp3) is 0.361. The molecule has 5 fully saturated rings. The molecule has 97 heavy (non-hydrogen) atoms. The lowest BCUT2D eigenvalue weighted by Gasteiger charge is -2.44. The predicted octanol–water partition coefficient (Wildman–Crippen LogP) is 14.7.